The largest absolute Gasteiger partial charge is 0.494 e. The van der Waals surface area contributed by atoms with E-state index in [4.69, 9.17) is 4.74 Å². The molecule has 0 aliphatic rings. The minimum atomic E-state index is -3.53. The number of unbranched alkanes of at least 4 members (excludes halogenated alkanes) is 1. The number of hydrogen-bond acceptors (Lipinski definition) is 4. The third kappa shape index (κ3) is 4.77. The van der Waals surface area contributed by atoms with Gasteiger partial charge < -0.3 is 4.74 Å². The van der Waals surface area contributed by atoms with Crippen LogP contribution < -0.4 is 4.74 Å². The first-order valence-electron chi connectivity index (χ1n) is 7.62. The van der Waals surface area contributed by atoms with Crippen molar-refractivity contribution in [3.63, 3.8) is 0 Å². The molecule has 0 fully saturated rings. The molecule has 1 aromatic heterocycles. The second-order valence-corrected chi connectivity index (χ2v) is 7.34. The topological polar surface area (TPSA) is 59.5 Å². The van der Waals surface area contributed by atoms with Crippen LogP contribution in [0, 0.1) is 0 Å². The summed E-state index contributed by atoms with van der Waals surface area (Å²) in [6.07, 6.45) is 5.37. The Morgan fingerprint density at radius 1 is 1.17 bits per heavy atom. The lowest BCUT2D eigenvalue weighted by atomic mass is 10.3. The van der Waals surface area contributed by atoms with Crippen LogP contribution in [-0.2, 0) is 16.6 Å². The second-order valence-electron chi connectivity index (χ2n) is 5.30. The summed E-state index contributed by atoms with van der Waals surface area (Å²) in [7, 11) is -1.97. The quantitative estimate of drug-likeness (QED) is 0.696. The van der Waals surface area contributed by atoms with Crippen LogP contribution in [0.5, 0.6) is 5.75 Å². The van der Waals surface area contributed by atoms with Gasteiger partial charge in [-0.2, -0.15) is 4.31 Å². The molecule has 0 spiro atoms. The molecule has 0 radical (unpaired) electrons. The van der Waals surface area contributed by atoms with Gasteiger partial charge in [0.15, 0.2) is 0 Å². The third-order valence-corrected chi connectivity index (χ3v) is 5.24. The van der Waals surface area contributed by atoms with Crippen molar-refractivity contribution in [1.82, 2.24) is 9.29 Å². The lowest BCUT2D eigenvalue weighted by Gasteiger charge is -2.17. The summed E-state index contributed by atoms with van der Waals surface area (Å²) < 4.78 is 32.0. The van der Waals surface area contributed by atoms with E-state index in [2.05, 4.69) is 11.9 Å². The highest BCUT2D eigenvalue weighted by atomic mass is 32.2. The van der Waals surface area contributed by atoms with Crippen molar-refractivity contribution in [2.75, 3.05) is 13.7 Å². The van der Waals surface area contributed by atoms with Gasteiger partial charge in [-0.15, -0.1) is 0 Å². The van der Waals surface area contributed by atoms with Crippen LogP contribution in [0.25, 0.3) is 0 Å². The van der Waals surface area contributed by atoms with E-state index in [1.165, 1.54) is 4.31 Å². The van der Waals surface area contributed by atoms with Crippen LogP contribution in [0.2, 0.25) is 0 Å². The molecule has 124 valence electrons. The van der Waals surface area contributed by atoms with Gasteiger partial charge in [-0.25, -0.2) is 8.42 Å². The number of rotatable bonds is 8. The molecule has 1 aromatic carbocycles. The summed E-state index contributed by atoms with van der Waals surface area (Å²) >= 11 is 0. The van der Waals surface area contributed by atoms with Crippen LogP contribution in [0.4, 0.5) is 0 Å². The molecule has 0 atom stereocenters. The van der Waals surface area contributed by atoms with Gasteiger partial charge in [0.25, 0.3) is 0 Å². The predicted octanol–water partition coefficient (Wildman–Crippen LogP) is 3.08. The molecule has 5 nitrogen and oxygen atoms in total. The van der Waals surface area contributed by atoms with Gasteiger partial charge in [0.1, 0.15) is 5.75 Å². The fraction of sp³-hybridized carbons (Fsp3) is 0.353. The zero-order chi connectivity index (χ0) is 16.7. The van der Waals surface area contributed by atoms with Crippen molar-refractivity contribution in [3.05, 3.63) is 54.4 Å². The van der Waals surface area contributed by atoms with E-state index in [9.17, 15) is 8.42 Å². The van der Waals surface area contributed by atoms with Crippen molar-refractivity contribution < 1.29 is 13.2 Å². The molecular weight excluding hydrogens is 312 g/mol. The number of sulfonamides is 1. The first-order valence-corrected chi connectivity index (χ1v) is 9.06. The fourth-order valence-corrected chi connectivity index (χ4v) is 3.21. The van der Waals surface area contributed by atoms with E-state index < -0.39 is 10.0 Å². The highest BCUT2D eigenvalue weighted by Gasteiger charge is 2.20. The third-order valence-electron chi connectivity index (χ3n) is 3.43. The molecule has 23 heavy (non-hydrogen) atoms. The standard InChI is InChI=1S/C17H22N2O3S/c1-3-4-12-22-16-7-9-17(10-8-16)23(20,21)19(2)14-15-6-5-11-18-13-15/h5-11,13H,3-4,12,14H2,1-2H3. The smallest absolute Gasteiger partial charge is 0.243 e. The molecule has 0 saturated heterocycles. The van der Waals surface area contributed by atoms with E-state index in [-0.39, 0.29) is 11.4 Å². The Kier molecular flexibility index (Phi) is 6.12. The first-order chi connectivity index (χ1) is 11.0. The molecule has 6 heteroatoms. The normalized spacial score (nSPS) is 11.6. The highest BCUT2D eigenvalue weighted by molar-refractivity contribution is 7.89. The van der Waals surface area contributed by atoms with E-state index in [0.29, 0.717) is 12.4 Å². The van der Waals surface area contributed by atoms with Crippen LogP contribution >= 0.6 is 0 Å². The molecule has 0 aliphatic heterocycles. The average molecular weight is 334 g/mol. The van der Waals surface area contributed by atoms with E-state index in [0.717, 1.165) is 18.4 Å². The molecule has 0 aliphatic carbocycles. The number of benzene rings is 1. The summed E-state index contributed by atoms with van der Waals surface area (Å²) in [5.74, 6) is 0.687. The molecular formula is C17H22N2O3S. The van der Waals surface area contributed by atoms with Crippen LogP contribution in [0.1, 0.15) is 25.3 Å². The number of nitrogens with zero attached hydrogens (tertiary/aromatic N) is 2. The number of ether oxygens (including phenoxy) is 1. The van der Waals surface area contributed by atoms with Crippen molar-refractivity contribution in [2.24, 2.45) is 0 Å². The minimum Gasteiger partial charge on any atom is -0.494 e. The molecule has 2 rings (SSSR count). The molecule has 1 heterocycles. The number of hydrogen-bond donors (Lipinski definition) is 0. The van der Waals surface area contributed by atoms with Crippen LogP contribution in [0.3, 0.4) is 0 Å². The van der Waals surface area contributed by atoms with E-state index >= 15 is 0 Å². The molecule has 0 amide bonds. The van der Waals surface area contributed by atoms with Crippen LogP contribution in [0.15, 0.2) is 53.7 Å². The summed E-state index contributed by atoms with van der Waals surface area (Å²) in [4.78, 5) is 4.26. The first kappa shape index (κ1) is 17.4. The number of aromatic nitrogens is 1. The average Bonchev–Trinajstić information content (AvgIpc) is 2.56. The van der Waals surface area contributed by atoms with Crippen molar-refractivity contribution in [3.8, 4) is 5.75 Å². The van der Waals surface area contributed by atoms with Gasteiger partial charge in [-0.05, 0) is 42.3 Å². The van der Waals surface area contributed by atoms with Gasteiger partial charge in [-0.1, -0.05) is 19.4 Å². The van der Waals surface area contributed by atoms with Gasteiger partial charge in [0.2, 0.25) is 10.0 Å². The Balaban J connectivity index is 2.06. The molecule has 0 unspecified atom stereocenters. The Morgan fingerprint density at radius 2 is 1.91 bits per heavy atom. The predicted molar refractivity (Wildman–Crippen MR) is 89.7 cm³/mol. The monoisotopic (exact) mass is 334 g/mol. The maximum Gasteiger partial charge on any atom is 0.243 e. The Labute approximate surface area is 138 Å². The summed E-state index contributed by atoms with van der Waals surface area (Å²) in [6.45, 7) is 3.02. The zero-order valence-corrected chi connectivity index (χ0v) is 14.3. The maximum atomic E-state index is 12.6. The van der Waals surface area contributed by atoms with Crippen molar-refractivity contribution >= 4 is 10.0 Å². The molecule has 0 bridgehead atoms. The SMILES string of the molecule is CCCCOc1ccc(S(=O)(=O)N(C)Cc2cccnc2)cc1. The Hall–Kier alpha value is -1.92. The van der Waals surface area contributed by atoms with E-state index in [1.54, 1.807) is 49.8 Å². The molecule has 2 aromatic rings. The molecule has 0 N–H and O–H groups in total. The Morgan fingerprint density at radius 3 is 2.52 bits per heavy atom. The van der Waals surface area contributed by atoms with Crippen LogP contribution in [-0.4, -0.2) is 31.4 Å². The van der Waals surface area contributed by atoms with Gasteiger partial charge in [0.05, 0.1) is 11.5 Å². The zero-order valence-electron chi connectivity index (χ0n) is 13.5. The summed E-state index contributed by atoms with van der Waals surface area (Å²) in [5.41, 5.74) is 0.845. The maximum absolute atomic E-state index is 12.6. The van der Waals surface area contributed by atoms with Crippen molar-refractivity contribution in [2.45, 2.75) is 31.2 Å². The van der Waals surface area contributed by atoms with Gasteiger partial charge in [-0.3, -0.25) is 4.98 Å². The summed E-state index contributed by atoms with van der Waals surface area (Å²) in [5, 5.41) is 0. The number of pyridine rings is 1. The lowest BCUT2D eigenvalue weighted by molar-refractivity contribution is 0.309. The summed E-state index contributed by atoms with van der Waals surface area (Å²) in [6, 6.07) is 10.2. The van der Waals surface area contributed by atoms with Crippen molar-refractivity contribution in [1.29, 1.82) is 0 Å². The minimum absolute atomic E-state index is 0.256. The molecule has 0 saturated carbocycles. The lowest BCUT2D eigenvalue weighted by Crippen LogP contribution is -2.26. The van der Waals surface area contributed by atoms with Gasteiger partial charge in [0, 0.05) is 26.0 Å². The fourth-order valence-electron chi connectivity index (χ4n) is 2.06. The van der Waals surface area contributed by atoms with Gasteiger partial charge >= 0.3 is 0 Å². The Bertz CT molecular complexity index is 700. The second kappa shape index (κ2) is 8.08. The van der Waals surface area contributed by atoms with E-state index in [1.807, 2.05) is 6.07 Å². The highest BCUT2D eigenvalue weighted by Crippen LogP contribution is 2.20.